The minimum absolute atomic E-state index is 0. The average molecular weight is 1300 g/mol. The van der Waals surface area contributed by atoms with E-state index in [1.165, 1.54) is 6.07 Å². The first-order valence-electron chi connectivity index (χ1n) is 27.7. The Morgan fingerprint density at radius 1 is 0.464 bits per heavy atom. The molecule has 1 aliphatic rings. The van der Waals surface area contributed by atoms with Crippen LogP contribution >= 0.6 is 0 Å². The molecule has 0 saturated heterocycles. The number of fused-ring (bicyclic) bond motifs is 4. The van der Waals surface area contributed by atoms with Crippen molar-refractivity contribution in [3.05, 3.63) is 246 Å². The third-order valence-corrected chi connectivity index (χ3v) is 15.7. The van der Waals surface area contributed by atoms with Crippen LogP contribution in [-0.2, 0) is 37.3 Å². The van der Waals surface area contributed by atoms with Crippen molar-refractivity contribution >= 4 is 44.6 Å². The summed E-state index contributed by atoms with van der Waals surface area (Å²) in [7, 11) is 0. The molecular weight excluding hydrogens is 1240 g/mol. The summed E-state index contributed by atoms with van der Waals surface area (Å²) >= 11 is 0. The molecule has 11 heteroatoms. The van der Waals surface area contributed by atoms with Gasteiger partial charge >= 0.3 is 0 Å². The fourth-order valence-corrected chi connectivity index (χ4v) is 11.1. The normalized spacial score (nSPS) is 12.8. The number of hydrogen-bond donors (Lipinski definition) is 0. The summed E-state index contributed by atoms with van der Waals surface area (Å²) in [4.78, 5) is 8.56. The quantitative estimate of drug-likeness (QED) is 0.0624. The minimum Gasteiger partial charge on any atom is -0.509 e. The van der Waals surface area contributed by atoms with Gasteiger partial charge in [0, 0.05) is 72.5 Å². The fourth-order valence-electron chi connectivity index (χ4n) is 11.1. The van der Waals surface area contributed by atoms with Crippen LogP contribution in [0.1, 0.15) is 84.6 Å². The molecule has 2 aromatic heterocycles. The minimum atomic E-state index is -2.24. The van der Waals surface area contributed by atoms with Crippen LogP contribution in [0.3, 0.4) is 0 Å². The SMILES string of the molecule is Cc1ccccc1-c1cc(Oc2[c-]c3c(cc2)c2ccccc2n3-c2cc(C(C)(C)C)ccn2)[c-]c(N2[CH-]N(c3c(-c4cc(C(C)(C)C)cc(C(C)(C)C)c4)cc(-c4ccccc4)cc3-c3c(F)c(F)c(F)c(F)c3F)c3ccccc32)c1.[Pt]. The van der Waals surface area contributed by atoms with Crippen molar-refractivity contribution in [1.29, 1.82) is 0 Å². The summed E-state index contributed by atoms with van der Waals surface area (Å²) in [5.41, 5.74) is 9.69. The van der Waals surface area contributed by atoms with Crippen LogP contribution in [0.5, 0.6) is 11.5 Å². The third kappa shape index (κ3) is 10.4. The number of anilines is 4. The maximum absolute atomic E-state index is 16.9. The predicted molar refractivity (Wildman–Crippen MR) is 327 cm³/mol. The number of aryl methyl sites for hydroxylation is 1. The second-order valence-corrected chi connectivity index (χ2v) is 24.5. The molecular formula is C73H60F5N4OPt-3. The Kier molecular flexibility index (Phi) is 14.8. The number of ether oxygens (including phenoxy) is 1. The largest absolute Gasteiger partial charge is 0.509 e. The van der Waals surface area contributed by atoms with E-state index in [1.807, 2.05) is 145 Å². The van der Waals surface area contributed by atoms with E-state index >= 15 is 22.0 Å². The Morgan fingerprint density at radius 3 is 1.71 bits per heavy atom. The zero-order chi connectivity index (χ0) is 58.4. The maximum atomic E-state index is 16.9. The number of pyridine rings is 1. The van der Waals surface area contributed by atoms with Gasteiger partial charge in [0.1, 0.15) is 5.82 Å². The summed E-state index contributed by atoms with van der Waals surface area (Å²) in [6.45, 7) is 23.0. The zero-order valence-corrected chi connectivity index (χ0v) is 50.5. The molecule has 12 rings (SSSR count). The van der Waals surface area contributed by atoms with Gasteiger partial charge < -0.3 is 19.1 Å². The van der Waals surface area contributed by atoms with Crippen molar-refractivity contribution in [1.82, 2.24) is 9.55 Å². The van der Waals surface area contributed by atoms with Crippen molar-refractivity contribution in [3.63, 3.8) is 0 Å². The molecule has 0 radical (unpaired) electrons. The second kappa shape index (κ2) is 21.7. The van der Waals surface area contributed by atoms with Crippen molar-refractivity contribution in [3.8, 4) is 61.8 Å². The first kappa shape index (κ1) is 57.5. The first-order valence-corrected chi connectivity index (χ1v) is 27.7. The van der Waals surface area contributed by atoms with E-state index in [9.17, 15) is 0 Å². The van der Waals surface area contributed by atoms with Crippen molar-refractivity contribution in [2.75, 3.05) is 9.80 Å². The Morgan fingerprint density at radius 2 is 1.05 bits per heavy atom. The molecule has 0 saturated carbocycles. The number of rotatable bonds is 9. The summed E-state index contributed by atoms with van der Waals surface area (Å²) in [5.74, 6) is -8.71. The van der Waals surface area contributed by atoms with E-state index in [4.69, 9.17) is 9.72 Å². The van der Waals surface area contributed by atoms with Crippen LogP contribution in [0.2, 0.25) is 0 Å². The number of nitrogens with zero attached hydrogens (tertiary/aromatic N) is 4. The number of halogens is 5. The maximum Gasteiger partial charge on any atom is 0.200 e. The van der Waals surface area contributed by atoms with Gasteiger partial charge in [0.2, 0.25) is 5.82 Å². The molecule has 0 N–H and O–H groups in total. The van der Waals surface area contributed by atoms with Crippen LogP contribution in [0.4, 0.5) is 44.7 Å². The van der Waals surface area contributed by atoms with Crippen LogP contribution < -0.4 is 14.5 Å². The van der Waals surface area contributed by atoms with Crippen LogP contribution in [0, 0.1) is 54.8 Å². The van der Waals surface area contributed by atoms with Gasteiger partial charge in [0.05, 0.1) is 5.56 Å². The first-order chi connectivity index (χ1) is 39.5. The molecule has 0 atom stereocenters. The summed E-state index contributed by atoms with van der Waals surface area (Å²) < 4.78 is 89.6. The van der Waals surface area contributed by atoms with Crippen LogP contribution in [0.15, 0.2) is 176 Å². The molecule has 0 spiro atoms. The van der Waals surface area contributed by atoms with Crippen molar-refractivity contribution in [2.24, 2.45) is 0 Å². The third-order valence-electron chi connectivity index (χ3n) is 15.7. The summed E-state index contributed by atoms with van der Waals surface area (Å²) in [6.07, 6.45) is 1.84. The molecule has 0 unspecified atom stereocenters. The zero-order valence-electron chi connectivity index (χ0n) is 48.2. The standard InChI is InChI=1S/C73H60F5N4O.Pt/c1-43-20-14-15-23-54(43)47-34-51(40-53(35-47)83-52-28-29-56-55-24-16-17-25-59(55)82(62(56)41-52)63-39-48(30-31-79-63)71(2,3)4)80-42-81(61-27-19-18-26-60(61)80)70-57(46-32-49(72(5,6)7)38-50(33-46)73(8,9)10)36-45(44-21-12-11-13-22-44)37-58(70)64-65(74)67(76)69(78)68(77)66(64)75;/h11-39,42H,1-10H3;/q-3;. The predicted octanol–water partition coefficient (Wildman–Crippen LogP) is 20.5. The average Bonchev–Trinajstić information content (AvgIpc) is 1.85. The van der Waals surface area contributed by atoms with Gasteiger partial charge in [0.15, 0.2) is 23.3 Å². The smallest absolute Gasteiger partial charge is 0.200 e. The molecule has 5 nitrogen and oxygen atoms in total. The Bertz CT molecular complexity index is 4320. The van der Waals surface area contributed by atoms with E-state index in [1.54, 1.807) is 11.6 Å². The molecule has 0 bridgehead atoms. The second-order valence-electron chi connectivity index (χ2n) is 24.5. The van der Waals surface area contributed by atoms with Gasteiger partial charge in [-0.25, -0.2) is 26.9 Å². The molecule has 3 heterocycles. The molecule has 9 aromatic carbocycles. The Labute approximate surface area is 502 Å². The van der Waals surface area contributed by atoms with Gasteiger partial charge in [-0.2, -0.15) is 6.07 Å². The van der Waals surface area contributed by atoms with E-state index in [0.29, 0.717) is 50.8 Å². The number of para-hydroxylation sites is 3. The van der Waals surface area contributed by atoms with Crippen molar-refractivity contribution in [2.45, 2.75) is 85.5 Å². The molecule has 0 amide bonds. The molecule has 426 valence electrons. The van der Waals surface area contributed by atoms with Gasteiger partial charge in [-0.05, 0) is 116 Å². The topological polar surface area (TPSA) is 33.5 Å². The number of hydrogen-bond acceptors (Lipinski definition) is 4. The number of benzene rings is 9. The van der Waals surface area contributed by atoms with Crippen molar-refractivity contribution < 1.29 is 47.8 Å². The molecule has 0 aliphatic carbocycles. The molecule has 84 heavy (non-hydrogen) atoms. The monoisotopic (exact) mass is 1300 g/mol. The molecule has 0 fully saturated rings. The Hall–Kier alpha value is -8.33. The van der Waals surface area contributed by atoms with Gasteiger partial charge in [0.25, 0.3) is 0 Å². The van der Waals surface area contributed by atoms with E-state index < -0.39 is 34.6 Å². The Balaban J connectivity index is 0.00000736. The van der Waals surface area contributed by atoms with Gasteiger partial charge in [-0.15, -0.1) is 53.6 Å². The van der Waals surface area contributed by atoms with E-state index in [2.05, 4.69) is 115 Å². The molecule has 1 aliphatic heterocycles. The fraction of sp³-hybridized carbons (Fsp3) is 0.178. The van der Waals surface area contributed by atoms with Crippen LogP contribution in [0.25, 0.3) is 72.1 Å². The van der Waals surface area contributed by atoms with E-state index in [-0.39, 0.29) is 48.6 Å². The summed E-state index contributed by atoms with van der Waals surface area (Å²) in [6, 6.07) is 61.9. The number of aromatic nitrogens is 2. The van der Waals surface area contributed by atoms with Gasteiger partial charge in [-0.1, -0.05) is 171 Å². The summed E-state index contributed by atoms with van der Waals surface area (Å²) in [5, 5.41) is 2.01. The van der Waals surface area contributed by atoms with Crippen LogP contribution in [-0.4, -0.2) is 9.55 Å². The molecule has 11 aromatic rings. The van der Waals surface area contributed by atoms with E-state index in [0.717, 1.165) is 61.0 Å². The van der Waals surface area contributed by atoms with Gasteiger partial charge in [-0.3, -0.25) is 0 Å².